The Morgan fingerprint density at radius 1 is 0.365 bits per heavy atom. The van der Waals surface area contributed by atoms with Gasteiger partial charge in [0.1, 0.15) is 0 Å². The second-order valence-electron chi connectivity index (χ2n) is 13.8. The van der Waals surface area contributed by atoms with Crippen molar-refractivity contribution in [2.75, 3.05) is 0 Å². The Labute approximate surface area is 306 Å². The molecule has 4 aromatic heterocycles. The van der Waals surface area contributed by atoms with Crippen LogP contribution in [-0.2, 0) is 0 Å². The molecule has 4 heteroatoms. The van der Waals surface area contributed by atoms with E-state index < -0.39 is 0 Å². The third-order valence-corrected chi connectivity index (χ3v) is 13.4. The Balaban J connectivity index is 1.08. The van der Waals surface area contributed by atoms with E-state index in [1.54, 1.807) is 0 Å². The molecule has 0 fully saturated rings. The van der Waals surface area contributed by atoms with Crippen LogP contribution in [0.2, 0.25) is 0 Å². The van der Waals surface area contributed by atoms with Gasteiger partial charge in [0, 0.05) is 78.6 Å². The second kappa shape index (κ2) is 10.7. The Morgan fingerprint density at radius 3 is 1.69 bits per heavy atom. The predicted molar refractivity (Wildman–Crippen MR) is 227 cm³/mol. The first-order chi connectivity index (χ1) is 25.8. The van der Waals surface area contributed by atoms with Crippen LogP contribution in [-0.4, -0.2) is 9.55 Å². The summed E-state index contributed by atoms with van der Waals surface area (Å²) in [6.07, 6.45) is 0. The number of nitrogens with zero attached hydrogens (tertiary/aromatic N) is 1. The van der Waals surface area contributed by atoms with Crippen LogP contribution in [0.1, 0.15) is 0 Å². The summed E-state index contributed by atoms with van der Waals surface area (Å²) < 4.78 is 7.83. The van der Waals surface area contributed by atoms with Gasteiger partial charge >= 0.3 is 0 Å². The third kappa shape index (κ3) is 3.99. The minimum Gasteiger partial charge on any atom is -0.354 e. The Bertz CT molecular complexity index is 3390. The van der Waals surface area contributed by atoms with Crippen molar-refractivity contribution in [2.24, 2.45) is 0 Å². The molecule has 8 aromatic carbocycles. The molecule has 0 saturated heterocycles. The summed E-state index contributed by atoms with van der Waals surface area (Å²) in [4.78, 5) is 3.77. The number of rotatable bonds is 3. The lowest BCUT2D eigenvalue weighted by molar-refractivity contribution is 1.18. The first-order valence-corrected chi connectivity index (χ1v) is 19.3. The van der Waals surface area contributed by atoms with Crippen LogP contribution in [0.4, 0.5) is 0 Å². The average Bonchev–Trinajstić information content (AvgIpc) is 3.96. The van der Waals surface area contributed by atoms with E-state index in [1.165, 1.54) is 106 Å². The molecule has 0 saturated carbocycles. The number of hydrogen-bond donors (Lipinski definition) is 1. The maximum atomic E-state index is 3.77. The van der Waals surface area contributed by atoms with Gasteiger partial charge in [-0.05, 0) is 70.8 Å². The van der Waals surface area contributed by atoms with E-state index in [2.05, 4.69) is 173 Å². The molecule has 0 radical (unpaired) electrons. The molecule has 0 aliphatic heterocycles. The van der Waals surface area contributed by atoms with Gasteiger partial charge in [0.25, 0.3) is 0 Å². The van der Waals surface area contributed by atoms with Gasteiger partial charge in [-0.15, -0.1) is 22.7 Å². The number of fused-ring (bicyclic) bond motifs is 14. The fraction of sp³-hybridized carbons (Fsp3) is 0. The number of benzene rings is 8. The van der Waals surface area contributed by atoms with E-state index >= 15 is 0 Å². The highest BCUT2D eigenvalue weighted by molar-refractivity contribution is 7.27. The van der Waals surface area contributed by atoms with Crippen LogP contribution in [0.5, 0.6) is 0 Å². The summed E-state index contributed by atoms with van der Waals surface area (Å²) in [6.45, 7) is 0. The number of nitrogens with one attached hydrogen (secondary N) is 1. The lowest BCUT2D eigenvalue weighted by atomic mass is 10.0. The predicted octanol–water partition coefficient (Wildman–Crippen LogP) is 14.5. The van der Waals surface area contributed by atoms with Gasteiger partial charge in [0.15, 0.2) is 0 Å². The normalized spacial score (nSPS) is 12.2. The summed E-state index contributed by atoms with van der Waals surface area (Å²) in [5, 5.41) is 10.5. The fourth-order valence-electron chi connectivity index (χ4n) is 8.52. The van der Waals surface area contributed by atoms with Gasteiger partial charge in [-0.3, -0.25) is 0 Å². The molecule has 242 valence electrons. The third-order valence-electron chi connectivity index (χ3n) is 10.9. The SMILES string of the molecule is c1ccc(-c2ccc(-n3c4cc(-c5ccc6c(c5)[nH]c5ccc7c8ccccc8sc7c56)ccc4c4c5sc6ccccc6c5ccc43)cc2)cc1. The molecule has 0 spiro atoms. The zero-order valence-corrected chi connectivity index (χ0v) is 29.5. The highest BCUT2D eigenvalue weighted by atomic mass is 32.1. The van der Waals surface area contributed by atoms with Gasteiger partial charge < -0.3 is 9.55 Å². The molecule has 12 rings (SSSR count). The Morgan fingerprint density at radius 2 is 0.942 bits per heavy atom. The molecular weight excluding hydrogens is 669 g/mol. The lowest BCUT2D eigenvalue weighted by Gasteiger charge is -2.11. The Hall–Kier alpha value is -6.20. The minimum atomic E-state index is 1.16. The Kier molecular flexibility index (Phi) is 5.84. The number of H-pyrrole nitrogens is 1. The second-order valence-corrected chi connectivity index (χ2v) is 15.9. The average molecular weight is 697 g/mol. The number of aromatic nitrogens is 2. The van der Waals surface area contributed by atoms with Crippen molar-refractivity contribution in [1.29, 1.82) is 0 Å². The highest BCUT2D eigenvalue weighted by Gasteiger charge is 2.19. The molecule has 0 unspecified atom stereocenters. The van der Waals surface area contributed by atoms with Crippen molar-refractivity contribution in [2.45, 2.75) is 0 Å². The molecule has 0 aliphatic carbocycles. The van der Waals surface area contributed by atoms with Gasteiger partial charge in [-0.1, -0.05) is 115 Å². The summed E-state index contributed by atoms with van der Waals surface area (Å²) >= 11 is 3.80. The molecule has 0 aliphatic rings. The smallest absolute Gasteiger partial charge is 0.0555 e. The lowest BCUT2D eigenvalue weighted by Crippen LogP contribution is -1.94. The number of hydrogen-bond acceptors (Lipinski definition) is 2. The van der Waals surface area contributed by atoms with Crippen molar-refractivity contribution in [3.8, 4) is 27.9 Å². The summed E-state index contributed by atoms with van der Waals surface area (Å²) in [7, 11) is 0. The molecule has 1 N–H and O–H groups in total. The molecule has 0 bridgehead atoms. The largest absolute Gasteiger partial charge is 0.354 e. The highest BCUT2D eigenvalue weighted by Crippen LogP contribution is 2.45. The van der Waals surface area contributed by atoms with Gasteiger partial charge in [-0.2, -0.15) is 0 Å². The van der Waals surface area contributed by atoms with E-state index in [4.69, 9.17) is 0 Å². The minimum absolute atomic E-state index is 1.16. The van der Waals surface area contributed by atoms with E-state index in [0.717, 1.165) is 5.69 Å². The van der Waals surface area contributed by atoms with Crippen LogP contribution in [0.3, 0.4) is 0 Å². The van der Waals surface area contributed by atoms with Crippen LogP contribution in [0.15, 0.2) is 164 Å². The van der Waals surface area contributed by atoms with Crippen molar-refractivity contribution >= 4 is 107 Å². The summed E-state index contributed by atoms with van der Waals surface area (Å²) in [5.41, 5.74) is 10.8. The molecule has 2 nitrogen and oxygen atoms in total. The fourth-order valence-corrected chi connectivity index (χ4v) is 11.0. The van der Waals surface area contributed by atoms with Crippen LogP contribution < -0.4 is 0 Å². The molecule has 0 atom stereocenters. The first kappa shape index (κ1) is 28.5. The van der Waals surface area contributed by atoms with Crippen molar-refractivity contribution in [3.63, 3.8) is 0 Å². The van der Waals surface area contributed by atoms with Crippen LogP contribution in [0, 0.1) is 0 Å². The zero-order valence-electron chi connectivity index (χ0n) is 27.9. The van der Waals surface area contributed by atoms with E-state index in [9.17, 15) is 0 Å². The van der Waals surface area contributed by atoms with Crippen LogP contribution >= 0.6 is 22.7 Å². The van der Waals surface area contributed by atoms with E-state index in [-0.39, 0.29) is 0 Å². The van der Waals surface area contributed by atoms with E-state index in [0.29, 0.717) is 0 Å². The first-order valence-electron chi connectivity index (χ1n) is 17.7. The van der Waals surface area contributed by atoms with Crippen molar-refractivity contribution in [3.05, 3.63) is 164 Å². The summed E-state index contributed by atoms with van der Waals surface area (Å²) in [6, 6.07) is 60.4. The van der Waals surface area contributed by atoms with Crippen molar-refractivity contribution < 1.29 is 0 Å². The maximum absolute atomic E-state index is 3.77. The molecule has 12 aromatic rings. The van der Waals surface area contributed by atoms with Crippen LogP contribution in [0.25, 0.3) is 112 Å². The van der Waals surface area contributed by atoms with Gasteiger partial charge in [-0.25, -0.2) is 0 Å². The zero-order chi connectivity index (χ0) is 33.9. The number of thiophene rings is 2. The van der Waals surface area contributed by atoms with E-state index in [1.807, 2.05) is 22.7 Å². The van der Waals surface area contributed by atoms with Crippen molar-refractivity contribution in [1.82, 2.24) is 9.55 Å². The molecular formula is C48H28N2S2. The maximum Gasteiger partial charge on any atom is 0.0555 e. The number of aromatic amines is 1. The molecule has 0 amide bonds. The molecule has 52 heavy (non-hydrogen) atoms. The quantitative estimate of drug-likeness (QED) is 0.190. The summed E-state index contributed by atoms with van der Waals surface area (Å²) in [5.74, 6) is 0. The standard InChI is InChI=1S/C48H28N2S2/c1-2-8-28(9-3-1)29-14-18-32(19-15-29)50-41-25-23-36-34-11-5-7-13-44(34)52-48(36)46(41)38-21-17-31(27-42(38)50)30-16-20-37-40(26-30)49-39-24-22-35-33-10-4-6-12-43(33)51-47(35)45(37)39/h1-27,49H. The topological polar surface area (TPSA) is 20.7 Å². The van der Waals surface area contributed by atoms with Gasteiger partial charge in [0.05, 0.1) is 11.0 Å². The molecule has 4 heterocycles. The van der Waals surface area contributed by atoms with Gasteiger partial charge in [0.2, 0.25) is 0 Å². The monoisotopic (exact) mass is 696 g/mol.